The summed E-state index contributed by atoms with van der Waals surface area (Å²) in [6.45, 7) is 0. The minimum atomic E-state index is -4.33. The van der Waals surface area contributed by atoms with Crippen LogP contribution >= 0.6 is 23.5 Å². The summed E-state index contributed by atoms with van der Waals surface area (Å²) in [7, 11) is 0. The third-order valence-corrected chi connectivity index (χ3v) is 5.14. The van der Waals surface area contributed by atoms with Crippen LogP contribution in [0, 0.1) is 0 Å². The van der Waals surface area contributed by atoms with E-state index in [0.717, 1.165) is 0 Å². The quantitative estimate of drug-likeness (QED) is 0.266. The highest BCUT2D eigenvalue weighted by atomic mass is 32.2. The largest absolute Gasteiger partial charge is 0.446 e. The van der Waals surface area contributed by atoms with E-state index in [9.17, 15) is 26.3 Å². The maximum atomic E-state index is 12.3. The SMILES string of the molecule is FC(F)(F)Sc1ccc(C=Cc2cc(C=Cc3ccc(SC(F)(F)F)cc3)on2)cc1. The van der Waals surface area contributed by atoms with E-state index < -0.39 is 11.0 Å². The van der Waals surface area contributed by atoms with Crippen LogP contribution < -0.4 is 0 Å². The van der Waals surface area contributed by atoms with Gasteiger partial charge in [-0.25, -0.2) is 0 Å². The van der Waals surface area contributed by atoms with Crippen LogP contribution in [0.15, 0.2) is 68.9 Å². The van der Waals surface area contributed by atoms with Crippen molar-refractivity contribution in [2.45, 2.75) is 20.8 Å². The molecule has 0 aliphatic rings. The predicted molar refractivity (Wildman–Crippen MR) is 111 cm³/mol. The second-order valence-electron chi connectivity index (χ2n) is 6.05. The van der Waals surface area contributed by atoms with Crippen molar-refractivity contribution in [1.29, 1.82) is 0 Å². The normalized spacial score (nSPS) is 12.8. The number of nitrogens with zero attached hydrogens (tertiary/aromatic N) is 1. The molecular formula is C21H13F6NOS2. The maximum absolute atomic E-state index is 12.3. The Kier molecular flexibility index (Phi) is 7.22. The van der Waals surface area contributed by atoms with Gasteiger partial charge in [0.25, 0.3) is 0 Å². The molecule has 1 heterocycles. The first-order chi connectivity index (χ1) is 14.6. The topological polar surface area (TPSA) is 26.0 Å². The first-order valence-electron chi connectivity index (χ1n) is 8.60. The number of aromatic nitrogens is 1. The number of hydrogen-bond acceptors (Lipinski definition) is 4. The second-order valence-corrected chi connectivity index (χ2v) is 8.33. The van der Waals surface area contributed by atoms with Gasteiger partial charge in [0.15, 0.2) is 5.76 Å². The molecule has 1 aromatic heterocycles. The van der Waals surface area contributed by atoms with Gasteiger partial charge in [0.05, 0.1) is 0 Å². The van der Waals surface area contributed by atoms with Crippen LogP contribution in [-0.4, -0.2) is 16.2 Å². The molecule has 3 rings (SSSR count). The van der Waals surface area contributed by atoms with Crippen molar-refractivity contribution < 1.29 is 30.9 Å². The minimum absolute atomic E-state index is 0.0989. The lowest BCUT2D eigenvalue weighted by Crippen LogP contribution is -1.98. The third-order valence-electron chi connectivity index (χ3n) is 3.66. The van der Waals surface area contributed by atoms with Crippen LogP contribution in [0.5, 0.6) is 0 Å². The molecule has 3 aromatic rings. The van der Waals surface area contributed by atoms with Crippen LogP contribution in [0.1, 0.15) is 22.6 Å². The Hall–Kier alpha value is -2.59. The smallest absolute Gasteiger partial charge is 0.356 e. The Balaban J connectivity index is 1.58. The number of thioether (sulfide) groups is 2. The molecule has 0 saturated heterocycles. The van der Waals surface area contributed by atoms with Gasteiger partial charge in [-0.3, -0.25) is 0 Å². The van der Waals surface area contributed by atoms with Crippen LogP contribution in [-0.2, 0) is 0 Å². The molecule has 0 atom stereocenters. The van der Waals surface area contributed by atoms with Crippen LogP contribution in [0.25, 0.3) is 24.3 Å². The molecular weight excluding hydrogens is 460 g/mol. The highest BCUT2D eigenvalue weighted by Crippen LogP contribution is 2.37. The number of halogens is 6. The Morgan fingerprint density at radius 1 is 0.645 bits per heavy atom. The number of benzene rings is 2. The molecule has 0 unspecified atom stereocenters. The molecule has 0 N–H and O–H groups in total. The van der Waals surface area contributed by atoms with Gasteiger partial charge in [-0.15, -0.1) is 0 Å². The van der Waals surface area contributed by atoms with Gasteiger partial charge in [0.2, 0.25) is 0 Å². The summed E-state index contributed by atoms with van der Waals surface area (Å²) in [4.78, 5) is 0.199. The zero-order chi connectivity index (χ0) is 22.5. The minimum Gasteiger partial charge on any atom is -0.356 e. The molecule has 2 nitrogen and oxygen atoms in total. The van der Waals surface area contributed by atoms with Gasteiger partial charge < -0.3 is 4.52 Å². The lowest BCUT2D eigenvalue weighted by atomic mass is 10.2. The van der Waals surface area contributed by atoms with Gasteiger partial charge in [-0.05, 0) is 71.1 Å². The van der Waals surface area contributed by atoms with E-state index in [2.05, 4.69) is 5.16 Å². The molecule has 0 bridgehead atoms. The summed E-state index contributed by atoms with van der Waals surface area (Å²) in [6, 6.07) is 13.4. The lowest BCUT2D eigenvalue weighted by Gasteiger charge is -2.05. The van der Waals surface area contributed by atoms with Crippen molar-refractivity contribution in [3.8, 4) is 0 Å². The number of rotatable bonds is 6. The van der Waals surface area contributed by atoms with E-state index in [1.807, 2.05) is 0 Å². The second kappa shape index (κ2) is 9.69. The highest BCUT2D eigenvalue weighted by molar-refractivity contribution is 8.00. The van der Waals surface area contributed by atoms with E-state index in [4.69, 9.17) is 4.52 Å². The van der Waals surface area contributed by atoms with Gasteiger partial charge in [0, 0.05) is 15.9 Å². The van der Waals surface area contributed by atoms with Crippen LogP contribution in [0.3, 0.4) is 0 Å². The summed E-state index contributed by atoms with van der Waals surface area (Å²) in [6.07, 6.45) is 6.63. The van der Waals surface area contributed by atoms with Gasteiger partial charge in [0.1, 0.15) is 5.69 Å². The van der Waals surface area contributed by atoms with E-state index in [-0.39, 0.29) is 33.3 Å². The van der Waals surface area contributed by atoms with Gasteiger partial charge >= 0.3 is 11.0 Å². The summed E-state index contributed by atoms with van der Waals surface area (Å²) < 4.78 is 79.2. The molecule has 0 aliphatic carbocycles. The van der Waals surface area contributed by atoms with E-state index in [1.54, 1.807) is 54.6 Å². The fourth-order valence-electron chi connectivity index (χ4n) is 2.38. The molecule has 0 spiro atoms. The fourth-order valence-corrected chi connectivity index (χ4v) is 3.46. The molecule has 162 valence electrons. The Morgan fingerprint density at radius 3 is 1.55 bits per heavy atom. The summed E-state index contributed by atoms with van der Waals surface area (Å²) in [5.41, 5.74) is -6.76. The van der Waals surface area contributed by atoms with E-state index in [0.29, 0.717) is 22.6 Å². The molecule has 31 heavy (non-hydrogen) atoms. The summed E-state index contributed by atoms with van der Waals surface area (Å²) in [5, 5.41) is 3.87. The average Bonchev–Trinajstić information content (AvgIpc) is 3.12. The zero-order valence-corrected chi connectivity index (χ0v) is 17.1. The lowest BCUT2D eigenvalue weighted by molar-refractivity contribution is -0.0337. The first-order valence-corrected chi connectivity index (χ1v) is 10.2. The molecule has 10 heteroatoms. The molecule has 0 aliphatic heterocycles. The Morgan fingerprint density at radius 2 is 1.10 bits per heavy atom. The maximum Gasteiger partial charge on any atom is 0.446 e. The summed E-state index contributed by atoms with van der Waals surface area (Å²) in [5.74, 6) is 0.435. The number of hydrogen-bond donors (Lipinski definition) is 0. The van der Waals surface area contributed by atoms with Crippen LogP contribution in [0.2, 0.25) is 0 Å². The van der Waals surface area contributed by atoms with Crippen molar-refractivity contribution >= 4 is 47.8 Å². The van der Waals surface area contributed by atoms with Gasteiger partial charge in [-0.2, -0.15) is 26.3 Å². The molecule has 0 fully saturated rings. The molecule has 2 aromatic carbocycles. The van der Waals surface area contributed by atoms with Crippen LogP contribution in [0.4, 0.5) is 26.3 Å². The standard InChI is InChI=1S/C21H13F6NOS2/c22-20(23,24)30-18-9-3-14(4-10-18)1-7-16-13-17(29-28-16)8-2-15-5-11-19(12-6-15)31-21(25,26)27/h1-13H. The Bertz CT molecular complexity index is 967. The van der Waals surface area contributed by atoms with Crippen molar-refractivity contribution in [1.82, 2.24) is 5.16 Å². The van der Waals surface area contributed by atoms with Crippen molar-refractivity contribution in [3.63, 3.8) is 0 Å². The van der Waals surface area contributed by atoms with Crippen molar-refractivity contribution in [2.24, 2.45) is 0 Å². The molecule has 0 saturated carbocycles. The summed E-state index contributed by atoms with van der Waals surface area (Å²) >= 11 is -0.354. The molecule has 0 amide bonds. The van der Waals surface area contributed by atoms with E-state index >= 15 is 0 Å². The monoisotopic (exact) mass is 473 g/mol. The van der Waals surface area contributed by atoms with Gasteiger partial charge in [-0.1, -0.05) is 41.6 Å². The number of alkyl halides is 6. The third kappa shape index (κ3) is 8.22. The fraction of sp³-hybridized carbons (Fsp3) is 0.0952. The predicted octanol–water partition coefficient (Wildman–Crippen LogP) is 8.24. The van der Waals surface area contributed by atoms with Crippen molar-refractivity contribution in [2.75, 3.05) is 0 Å². The zero-order valence-electron chi connectivity index (χ0n) is 15.4. The van der Waals surface area contributed by atoms with Crippen molar-refractivity contribution in [3.05, 3.63) is 77.2 Å². The molecule has 0 radical (unpaired) electrons. The first kappa shape index (κ1) is 23.1. The highest BCUT2D eigenvalue weighted by Gasteiger charge is 2.29. The van der Waals surface area contributed by atoms with E-state index in [1.165, 1.54) is 24.3 Å². The Labute approximate surface area is 182 Å². The average molecular weight is 473 g/mol.